The van der Waals surface area contributed by atoms with E-state index in [-0.39, 0.29) is 10.9 Å². The summed E-state index contributed by atoms with van der Waals surface area (Å²) in [5, 5.41) is 19.5. The summed E-state index contributed by atoms with van der Waals surface area (Å²) in [7, 11) is 0. The largest absolute Gasteiger partial charge is 0.477 e. The van der Waals surface area contributed by atoms with Crippen LogP contribution in [0.4, 0.5) is 14.5 Å². The minimum atomic E-state index is -3.15. The molecule has 0 bridgehead atoms. The van der Waals surface area contributed by atoms with Gasteiger partial charge in [0.2, 0.25) is 0 Å². The molecule has 0 radical (unpaired) electrons. The SMILES string of the molecule is O=C(O)c1cc(OC(F)F)c(CBr)cc1[N+](=O)[O-]. The number of nitro groups is 1. The molecule has 0 aromatic heterocycles. The topological polar surface area (TPSA) is 89.7 Å². The Morgan fingerprint density at radius 1 is 1.56 bits per heavy atom. The lowest BCUT2D eigenvalue weighted by Crippen LogP contribution is -2.08. The van der Waals surface area contributed by atoms with Crippen LogP contribution in [0, 0.1) is 10.1 Å². The summed E-state index contributed by atoms with van der Waals surface area (Å²) in [5.74, 6) is -2.01. The van der Waals surface area contributed by atoms with Crippen molar-refractivity contribution < 1.29 is 28.3 Å². The van der Waals surface area contributed by atoms with E-state index in [1.165, 1.54) is 0 Å². The molecule has 6 nitrogen and oxygen atoms in total. The van der Waals surface area contributed by atoms with Gasteiger partial charge >= 0.3 is 12.6 Å². The van der Waals surface area contributed by atoms with Crippen LogP contribution in [0.25, 0.3) is 0 Å². The molecule has 0 fully saturated rings. The minimum Gasteiger partial charge on any atom is -0.477 e. The molecular weight excluding hydrogens is 320 g/mol. The van der Waals surface area contributed by atoms with E-state index < -0.39 is 34.5 Å². The Bertz CT molecular complexity index is 494. The second-order valence-corrected chi connectivity index (χ2v) is 3.61. The van der Waals surface area contributed by atoms with Gasteiger partial charge in [0, 0.05) is 23.0 Å². The van der Waals surface area contributed by atoms with Gasteiger partial charge in [0.25, 0.3) is 5.69 Å². The van der Waals surface area contributed by atoms with Crippen LogP contribution in [0.15, 0.2) is 12.1 Å². The van der Waals surface area contributed by atoms with Gasteiger partial charge in [0.15, 0.2) is 0 Å². The standard InChI is InChI=1S/C9H6BrF2NO5/c10-3-4-1-6(13(16)17)5(8(14)15)2-7(4)18-9(11)12/h1-2,9H,3H2,(H,14,15). The average molecular weight is 326 g/mol. The van der Waals surface area contributed by atoms with E-state index in [1.807, 2.05) is 0 Å². The first-order valence-corrected chi connectivity index (χ1v) is 5.54. The molecule has 0 amide bonds. The Balaban J connectivity index is 3.41. The number of alkyl halides is 3. The highest BCUT2D eigenvalue weighted by atomic mass is 79.9. The summed E-state index contributed by atoms with van der Waals surface area (Å²) >= 11 is 2.95. The first kappa shape index (κ1) is 14.3. The van der Waals surface area contributed by atoms with Crippen molar-refractivity contribution in [2.75, 3.05) is 0 Å². The Morgan fingerprint density at radius 2 is 2.17 bits per heavy atom. The lowest BCUT2D eigenvalue weighted by Gasteiger charge is -2.10. The molecule has 1 aromatic carbocycles. The maximum absolute atomic E-state index is 12.1. The quantitative estimate of drug-likeness (QED) is 0.510. The maximum Gasteiger partial charge on any atom is 0.387 e. The predicted molar refractivity (Wildman–Crippen MR) is 59.3 cm³/mol. The molecule has 1 rings (SSSR count). The van der Waals surface area contributed by atoms with Crippen LogP contribution in [0.3, 0.4) is 0 Å². The third-order valence-electron chi connectivity index (χ3n) is 1.97. The van der Waals surface area contributed by atoms with E-state index in [1.54, 1.807) is 0 Å². The molecule has 0 atom stereocenters. The van der Waals surface area contributed by atoms with E-state index in [0.29, 0.717) is 6.07 Å². The molecule has 0 aliphatic heterocycles. The number of benzene rings is 1. The average Bonchev–Trinajstić information content (AvgIpc) is 2.27. The van der Waals surface area contributed by atoms with Crippen molar-refractivity contribution in [3.8, 4) is 5.75 Å². The van der Waals surface area contributed by atoms with E-state index in [4.69, 9.17) is 5.11 Å². The van der Waals surface area contributed by atoms with E-state index in [0.717, 1.165) is 6.07 Å². The minimum absolute atomic E-state index is 0.00971. The summed E-state index contributed by atoms with van der Waals surface area (Å²) in [6.45, 7) is -3.15. The Kier molecular flexibility index (Phi) is 4.54. The fourth-order valence-corrected chi connectivity index (χ4v) is 1.68. The Labute approximate surface area is 107 Å². The first-order valence-electron chi connectivity index (χ1n) is 4.42. The number of halogens is 3. The van der Waals surface area contributed by atoms with Crippen LogP contribution in [0.1, 0.15) is 15.9 Å². The molecule has 1 N–H and O–H groups in total. The molecule has 0 aliphatic carbocycles. The molecule has 0 unspecified atom stereocenters. The highest BCUT2D eigenvalue weighted by Crippen LogP contribution is 2.31. The van der Waals surface area contributed by atoms with Crippen molar-refractivity contribution in [2.45, 2.75) is 11.9 Å². The summed E-state index contributed by atoms with van der Waals surface area (Å²) in [6, 6.07) is 1.60. The third-order valence-corrected chi connectivity index (χ3v) is 2.57. The molecule has 0 aliphatic rings. The van der Waals surface area contributed by atoms with Gasteiger partial charge in [-0.15, -0.1) is 0 Å². The lowest BCUT2D eigenvalue weighted by atomic mass is 10.1. The number of rotatable bonds is 5. The molecule has 0 heterocycles. The summed E-state index contributed by atoms with van der Waals surface area (Å²) < 4.78 is 28.3. The van der Waals surface area contributed by atoms with Crippen LogP contribution in [0.2, 0.25) is 0 Å². The maximum atomic E-state index is 12.1. The molecule has 0 saturated heterocycles. The van der Waals surface area contributed by atoms with Gasteiger partial charge in [-0.25, -0.2) is 4.79 Å². The van der Waals surface area contributed by atoms with Gasteiger partial charge in [-0.05, 0) is 0 Å². The molecule has 18 heavy (non-hydrogen) atoms. The molecule has 1 aromatic rings. The van der Waals surface area contributed by atoms with Crippen molar-refractivity contribution in [3.63, 3.8) is 0 Å². The van der Waals surface area contributed by atoms with Crippen LogP contribution in [-0.2, 0) is 5.33 Å². The van der Waals surface area contributed by atoms with Crippen molar-refractivity contribution in [3.05, 3.63) is 33.4 Å². The number of nitro benzene ring substituents is 1. The van der Waals surface area contributed by atoms with Crippen LogP contribution in [0.5, 0.6) is 5.75 Å². The normalized spacial score (nSPS) is 10.4. The van der Waals surface area contributed by atoms with E-state index in [2.05, 4.69) is 20.7 Å². The lowest BCUT2D eigenvalue weighted by molar-refractivity contribution is -0.385. The van der Waals surface area contributed by atoms with Gasteiger partial charge < -0.3 is 9.84 Å². The molecule has 98 valence electrons. The summed E-state index contributed by atoms with van der Waals surface area (Å²) in [4.78, 5) is 20.6. The predicted octanol–water partition coefficient (Wildman–Crippen LogP) is 2.79. The monoisotopic (exact) mass is 325 g/mol. The Morgan fingerprint density at radius 3 is 2.56 bits per heavy atom. The number of aromatic carboxylic acids is 1. The number of carboxylic acids is 1. The van der Waals surface area contributed by atoms with Crippen molar-refractivity contribution in [2.24, 2.45) is 0 Å². The number of ether oxygens (including phenoxy) is 1. The summed E-state index contributed by atoms with van der Waals surface area (Å²) in [6.07, 6.45) is 0. The molecule has 0 saturated carbocycles. The smallest absolute Gasteiger partial charge is 0.387 e. The molecule has 9 heteroatoms. The second kappa shape index (κ2) is 5.71. The van der Waals surface area contributed by atoms with Crippen molar-refractivity contribution in [1.82, 2.24) is 0 Å². The molecular formula is C9H6BrF2NO5. The van der Waals surface area contributed by atoms with Gasteiger partial charge in [-0.1, -0.05) is 15.9 Å². The van der Waals surface area contributed by atoms with Crippen molar-refractivity contribution >= 4 is 27.6 Å². The zero-order valence-corrected chi connectivity index (χ0v) is 10.2. The van der Waals surface area contributed by atoms with Crippen LogP contribution < -0.4 is 4.74 Å². The number of hydrogen-bond acceptors (Lipinski definition) is 4. The summed E-state index contributed by atoms with van der Waals surface area (Å²) in [5.41, 5.74) is -1.33. The van der Waals surface area contributed by atoms with Gasteiger partial charge in [0.1, 0.15) is 11.3 Å². The van der Waals surface area contributed by atoms with E-state index >= 15 is 0 Å². The number of carbonyl (C=O) groups is 1. The third kappa shape index (κ3) is 3.13. The van der Waals surface area contributed by atoms with Crippen LogP contribution >= 0.6 is 15.9 Å². The highest BCUT2D eigenvalue weighted by Gasteiger charge is 2.24. The van der Waals surface area contributed by atoms with Gasteiger partial charge in [-0.3, -0.25) is 10.1 Å². The fraction of sp³-hybridized carbons (Fsp3) is 0.222. The van der Waals surface area contributed by atoms with Crippen molar-refractivity contribution in [1.29, 1.82) is 0 Å². The van der Waals surface area contributed by atoms with Crippen LogP contribution in [-0.4, -0.2) is 22.6 Å². The van der Waals surface area contributed by atoms with Gasteiger partial charge in [-0.2, -0.15) is 8.78 Å². The number of carboxylic acid groups (broad SMARTS) is 1. The number of hydrogen-bond donors (Lipinski definition) is 1. The second-order valence-electron chi connectivity index (χ2n) is 3.05. The zero-order chi connectivity index (χ0) is 13.9. The number of nitrogens with zero attached hydrogens (tertiary/aromatic N) is 1. The van der Waals surface area contributed by atoms with Gasteiger partial charge in [0.05, 0.1) is 4.92 Å². The fourth-order valence-electron chi connectivity index (χ4n) is 1.24. The zero-order valence-electron chi connectivity index (χ0n) is 8.60. The highest BCUT2D eigenvalue weighted by molar-refractivity contribution is 9.08. The Hall–Kier alpha value is -1.77. The molecule has 0 spiro atoms. The first-order chi connectivity index (χ1) is 8.36. The van der Waals surface area contributed by atoms with E-state index in [9.17, 15) is 23.7 Å².